The third kappa shape index (κ3) is 5.46. The molecule has 0 saturated carbocycles. The first-order chi connectivity index (χ1) is 15.2. The van der Waals surface area contributed by atoms with Crippen LogP contribution >= 0.6 is 0 Å². The fourth-order valence-electron chi connectivity index (χ4n) is 4.10. The number of non-ortho nitro benzene ring substituents is 1. The molecule has 7 heteroatoms. The molecule has 174 valence electrons. The summed E-state index contributed by atoms with van der Waals surface area (Å²) in [5.74, 6) is 1.46. The van der Waals surface area contributed by atoms with Crippen molar-refractivity contribution in [2.75, 3.05) is 27.8 Å². The minimum Gasteiger partial charge on any atom is -0.493 e. The molecule has 0 aromatic heterocycles. The van der Waals surface area contributed by atoms with Gasteiger partial charge in [-0.3, -0.25) is 15.0 Å². The van der Waals surface area contributed by atoms with Gasteiger partial charge in [-0.05, 0) is 62.5 Å². The summed E-state index contributed by atoms with van der Waals surface area (Å²) in [4.78, 5) is 25.1. The Bertz CT molecular complexity index is 913. The molecule has 2 rings (SSSR count). The Balaban J connectivity index is 2.12. The van der Waals surface area contributed by atoms with Gasteiger partial charge < -0.3 is 14.3 Å². The molecule has 7 nitrogen and oxygen atoms in total. The topological polar surface area (TPSA) is 81.9 Å². The van der Waals surface area contributed by atoms with Crippen molar-refractivity contribution in [1.29, 1.82) is 0 Å². The fraction of sp³-hybridized carbons (Fsp3) is 0.480. The van der Waals surface area contributed by atoms with E-state index in [1.54, 1.807) is 26.4 Å². The largest absolute Gasteiger partial charge is 0.493 e. The smallest absolute Gasteiger partial charge is 0.269 e. The van der Waals surface area contributed by atoms with Gasteiger partial charge in [-0.25, -0.2) is 0 Å². The monoisotopic (exact) mass is 442 g/mol. The van der Waals surface area contributed by atoms with E-state index in [0.717, 1.165) is 30.4 Å². The van der Waals surface area contributed by atoms with E-state index in [4.69, 9.17) is 9.47 Å². The van der Waals surface area contributed by atoms with Crippen LogP contribution in [0.25, 0.3) is 0 Å². The molecule has 0 bridgehead atoms. The molecular formula is C25H34N2O5. The second-order valence-electron chi connectivity index (χ2n) is 8.49. The van der Waals surface area contributed by atoms with Crippen LogP contribution < -0.4 is 9.47 Å². The SMILES string of the molecule is COc1ccc(C(C)N(C)CCCC(C=O)(c2ccc([N+](=O)[O-])cc2)C(C)C)cc1OC. The lowest BCUT2D eigenvalue weighted by Gasteiger charge is -2.34. The average molecular weight is 443 g/mol. The predicted octanol–water partition coefficient (Wildman–Crippen LogP) is 5.18. The van der Waals surface area contributed by atoms with Gasteiger partial charge in [0, 0.05) is 18.2 Å². The van der Waals surface area contributed by atoms with Crippen molar-refractivity contribution in [3.8, 4) is 11.5 Å². The second kappa shape index (κ2) is 11.1. The van der Waals surface area contributed by atoms with Crippen molar-refractivity contribution >= 4 is 12.0 Å². The Morgan fingerprint density at radius 3 is 2.19 bits per heavy atom. The summed E-state index contributed by atoms with van der Waals surface area (Å²) in [6, 6.07) is 12.4. The summed E-state index contributed by atoms with van der Waals surface area (Å²) in [5.41, 5.74) is 1.29. The van der Waals surface area contributed by atoms with Crippen molar-refractivity contribution < 1.29 is 19.2 Å². The molecule has 2 unspecified atom stereocenters. The molecule has 0 amide bonds. The van der Waals surface area contributed by atoms with E-state index < -0.39 is 10.3 Å². The molecular weight excluding hydrogens is 408 g/mol. The first-order valence-corrected chi connectivity index (χ1v) is 10.8. The van der Waals surface area contributed by atoms with E-state index in [0.29, 0.717) is 17.9 Å². The van der Waals surface area contributed by atoms with Crippen LogP contribution in [0.5, 0.6) is 11.5 Å². The quantitative estimate of drug-likeness (QED) is 0.256. The molecule has 32 heavy (non-hydrogen) atoms. The van der Waals surface area contributed by atoms with Crippen LogP contribution in [0.15, 0.2) is 42.5 Å². The molecule has 2 aromatic carbocycles. The van der Waals surface area contributed by atoms with Crippen molar-refractivity contribution in [3.63, 3.8) is 0 Å². The van der Waals surface area contributed by atoms with E-state index in [1.807, 2.05) is 32.0 Å². The number of nitro groups is 1. The zero-order valence-electron chi connectivity index (χ0n) is 19.8. The number of nitro benzene ring substituents is 1. The van der Waals surface area contributed by atoms with Crippen LogP contribution in [0.3, 0.4) is 0 Å². The fourth-order valence-corrected chi connectivity index (χ4v) is 4.10. The van der Waals surface area contributed by atoms with E-state index in [9.17, 15) is 14.9 Å². The van der Waals surface area contributed by atoms with Crippen LogP contribution in [-0.2, 0) is 10.2 Å². The minimum atomic E-state index is -0.678. The van der Waals surface area contributed by atoms with E-state index in [2.05, 4.69) is 18.9 Å². The summed E-state index contributed by atoms with van der Waals surface area (Å²) in [6.07, 6.45) is 2.48. The van der Waals surface area contributed by atoms with E-state index >= 15 is 0 Å². The lowest BCUT2D eigenvalue weighted by atomic mass is 9.70. The first kappa shape index (κ1) is 25.3. The van der Waals surface area contributed by atoms with Gasteiger partial charge in [0.05, 0.1) is 24.6 Å². The Hall–Kier alpha value is -2.93. The van der Waals surface area contributed by atoms with Crippen LogP contribution in [0, 0.1) is 16.0 Å². The van der Waals surface area contributed by atoms with Gasteiger partial charge in [-0.15, -0.1) is 0 Å². The Labute approximate surface area is 190 Å². The number of benzene rings is 2. The minimum absolute atomic E-state index is 0.0285. The zero-order chi connectivity index (χ0) is 23.9. The highest BCUT2D eigenvalue weighted by molar-refractivity contribution is 5.69. The molecule has 0 fully saturated rings. The molecule has 0 heterocycles. The van der Waals surface area contributed by atoms with Gasteiger partial charge in [-0.1, -0.05) is 32.0 Å². The Kier molecular flexibility index (Phi) is 8.78. The maximum atomic E-state index is 12.3. The standard InChI is InChI=1S/C25H34N2O5/c1-18(2)25(17-28,21-9-11-22(12-10-21)27(29)30)14-7-15-26(4)19(3)20-8-13-23(31-5)24(16-20)32-6/h8-13,16-19H,7,14-15H2,1-6H3. The summed E-state index contributed by atoms with van der Waals surface area (Å²) in [7, 11) is 5.30. The third-order valence-corrected chi connectivity index (χ3v) is 6.51. The number of hydrogen-bond acceptors (Lipinski definition) is 6. The maximum absolute atomic E-state index is 12.3. The molecule has 0 aliphatic rings. The summed E-state index contributed by atoms with van der Waals surface area (Å²) in [6.45, 7) is 6.97. The van der Waals surface area contributed by atoms with Crippen molar-refractivity contribution in [3.05, 3.63) is 63.7 Å². The molecule has 0 aliphatic heterocycles. The lowest BCUT2D eigenvalue weighted by Crippen LogP contribution is -2.35. The highest BCUT2D eigenvalue weighted by atomic mass is 16.6. The van der Waals surface area contributed by atoms with Crippen molar-refractivity contribution in [2.45, 2.75) is 45.1 Å². The van der Waals surface area contributed by atoms with Gasteiger partial charge in [-0.2, -0.15) is 0 Å². The zero-order valence-corrected chi connectivity index (χ0v) is 19.8. The molecule has 2 aromatic rings. The average Bonchev–Trinajstić information content (AvgIpc) is 2.80. The number of aldehydes is 1. The van der Waals surface area contributed by atoms with Gasteiger partial charge in [0.15, 0.2) is 11.5 Å². The summed E-state index contributed by atoms with van der Waals surface area (Å²) in [5, 5.41) is 11.0. The Morgan fingerprint density at radius 2 is 1.69 bits per heavy atom. The van der Waals surface area contributed by atoms with Gasteiger partial charge in [0.2, 0.25) is 0 Å². The van der Waals surface area contributed by atoms with Crippen molar-refractivity contribution in [2.24, 2.45) is 5.92 Å². The first-order valence-electron chi connectivity index (χ1n) is 10.8. The number of carbonyl (C=O) groups is 1. The van der Waals surface area contributed by atoms with Crippen molar-refractivity contribution in [1.82, 2.24) is 4.90 Å². The van der Waals surface area contributed by atoms with Crippen LogP contribution in [-0.4, -0.2) is 43.9 Å². The molecule has 2 atom stereocenters. The highest BCUT2D eigenvalue weighted by Gasteiger charge is 2.35. The Morgan fingerprint density at radius 1 is 1.06 bits per heavy atom. The van der Waals surface area contributed by atoms with Crippen LogP contribution in [0.1, 0.15) is 50.8 Å². The van der Waals surface area contributed by atoms with E-state index in [1.165, 1.54) is 12.1 Å². The summed E-state index contributed by atoms with van der Waals surface area (Å²) >= 11 is 0. The highest BCUT2D eigenvalue weighted by Crippen LogP contribution is 2.37. The number of ether oxygens (including phenoxy) is 2. The van der Waals surface area contributed by atoms with Crippen LogP contribution in [0.2, 0.25) is 0 Å². The number of methoxy groups -OCH3 is 2. The number of nitrogens with zero attached hydrogens (tertiary/aromatic N) is 2. The normalized spacial score (nSPS) is 14.1. The molecule has 0 aliphatic carbocycles. The maximum Gasteiger partial charge on any atom is 0.269 e. The van der Waals surface area contributed by atoms with Crippen LogP contribution in [0.4, 0.5) is 5.69 Å². The number of carbonyl (C=O) groups excluding carboxylic acids is 1. The molecule has 0 spiro atoms. The summed E-state index contributed by atoms with van der Waals surface area (Å²) < 4.78 is 10.7. The molecule has 0 saturated heterocycles. The number of rotatable bonds is 12. The van der Waals surface area contributed by atoms with E-state index in [-0.39, 0.29) is 17.6 Å². The predicted molar refractivity (Wildman–Crippen MR) is 126 cm³/mol. The molecule has 0 radical (unpaired) electrons. The third-order valence-electron chi connectivity index (χ3n) is 6.51. The number of hydrogen-bond donors (Lipinski definition) is 0. The molecule has 0 N–H and O–H groups in total. The van der Waals surface area contributed by atoms with Gasteiger partial charge in [0.1, 0.15) is 6.29 Å². The second-order valence-corrected chi connectivity index (χ2v) is 8.49. The van der Waals surface area contributed by atoms with Gasteiger partial charge >= 0.3 is 0 Å². The lowest BCUT2D eigenvalue weighted by molar-refractivity contribution is -0.384. The van der Waals surface area contributed by atoms with Gasteiger partial charge in [0.25, 0.3) is 5.69 Å².